The second-order valence-electron chi connectivity index (χ2n) is 2.63. The van der Waals surface area contributed by atoms with Crippen molar-refractivity contribution >= 4 is 17.7 Å². The van der Waals surface area contributed by atoms with Crippen LogP contribution < -0.4 is 0 Å². The van der Waals surface area contributed by atoms with E-state index in [0.29, 0.717) is 11.3 Å². The molecule has 0 bridgehead atoms. The fourth-order valence-corrected chi connectivity index (χ4v) is 1.58. The third-order valence-corrected chi connectivity index (χ3v) is 2.47. The molecule has 0 aliphatic rings. The van der Waals surface area contributed by atoms with Gasteiger partial charge in [0, 0.05) is 5.75 Å². The molecule has 0 amide bonds. The van der Waals surface area contributed by atoms with Crippen LogP contribution in [0.25, 0.3) is 0 Å². The van der Waals surface area contributed by atoms with Crippen LogP contribution in [-0.4, -0.2) is 16.8 Å². The average molecular weight is 218 g/mol. The van der Waals surface area contributed by atoms with Crippen LogP contribution in [0, 0.1) is 11.6 Å². The lowest BCUT2D eigenvalue weighted by molar-refractivity contribution is -0.133. The molecule has 0 atom stereocenters. The van der Waals surface area contributed by atoms with Gasteiger partial charge in [0.2, 0.25) is 0 Å². The maximum absolute atomic E-state index is 12.7. The molecule has 0 radical (unpaired) electrons. The highest BCUT2D eigenvalue weighted by Crippen LogP contribution is 2.14. The lowest BCUT2D eigenvalue weighted by Gasteiger charge is -2.00. The molecule has 2 nitrogen and oxygen atoms in total. The summed E-state index contributed by atoms with van der Waals surface area (Å²) in [5, 5.41) is 8.34. The Morgan fingerprint density at radius 1 is 1.36 bits per heavy atom. The summed E-state index contributed by atoms with van der Waals surface area (Å²) in [4.78, 5) is 10.2. The third-order valence-electron chi connectivity index (χ3n) is 1.48. The summed E-state index contributed by atoms with van der Waals surface area (Å²) in [6.07, 6.45) is 0. The Bertz CT molecular complexity index is 342. The summed E-state index contributed by atoms with van der Waals surface area (Å²) in [7, 11) is 0. The van der Waals surface area contributed by atoms with Crippen LogP contribution in [0.3, 0.4) is 0 Å². The van der Waals surface area contributed by atoms with Gasteiger partial charge in [0.15, 0.2) is 11.6 Å². The normalized spacial score (nSPS) is 10.1. The second kappa shape index (κ2) is 4.95. The number of carboxylic acid groups (broad SMARTS) is 1. The molecule has 0 unspecified atom stereocenters. The van der Waals surface area contributed by atoms with Gasteiger partial charge in [-0.15, -0.1) is 11.8 Å². The van der Waals surface area contributed by atoms with Gasteiger partial charge in [-0.1, -0.05) is 6.07 Å². The molecule has 0 saturated heterocycles. The van der Waals surface area contributed by atoms with Crippen LogP contribution in [0.15, 0.2) is 18.2 Å². The monoisotopic (exact) mass is 218 g/mol. The van der Waals surface area contributed by atoms with E-state index in [1.165, 1.54) is 6.07 Å². The highest BCUT2D eigenvalue weighted by Gasteiger charge is 2.03. The number of carbonyl (C=O) groups is 1. The lowest BCUT2D eigenvalue weighted by Crippen LogP contribution is -1.98. The molecule has 1 rings (SSSR count). The van der Waals surface area contributed by atoms with Crippen LogP contribution in [0.5, 0.6) is 0 Å². The number of hydrogen-bond donors (Lipinski definition) is 1. The Morgan fingerprint density at radius 3 is 2.64 bits per heavy atom. The van der Waals surface area contributed by atoms with Gasteiger partial charge >= 0.3 is 5.97 Å². The second-order valence-corrected chi connectivity index (χ2v) is 3.62. The molecule has 76 valence electrons. The summed E-state index contributed by atoms with van der Waals surface area (Å²) in [5.41, 5.74) is 0.579. The van der Waals surface area contributed by atoms with Crippen LogP contribution in [0.1, 0.15) is 5.56 Å². The fraction of sp³-hybridized carbons (Fsp3) is 0.222. The van der Waals surface area contributed by atoms with Crippen molar-refractivity contribution in [2.45, 2.75) is 5.75 Å². The van der Waals surface area contributed by atoms with Crippen LogP contribution in [0.4, 0.5) is 8.78 Å². The molecule has 0 saturated carbocycles. The summed E-state index contributed by atoms with van der Waals surface area (Å²) >= 11 is 1.14. The van der Waals surface area contributed by atoms with Crippen molar-refractivity contribution in [2.24, 2.45) is 0 Å². The van der Waals surface area contributed by atoms with Crippen LogP contribution >= 0.6 is 11.8 Å². The zero-order valence-corrected chi connectivity index (χ0v) is 7.98. The SMILES string of the molecule is O=C(O)CSCc1ccc(F)c(F)c1. The van der Waals surface area contributed by atoms with E-state index in [2.05, 4.69) is 0 Å². The highest BCUT2D eigenvalue weighted by molar-refractivity contribution is 7.99. The number of halogens is 2. The first-order chi connectivity index (χ1) is 6.59. The number of benzene rings is 1. The van der Waals surface area contributed by atoms with Gasteiger partial charge in [-0.2, -0.15) is 0 Å². The predicted octanol–water partition coefficient (Wildman–Crippen LogP) is 2.28. The molecule has 0 aliphatic carbocycles. The smallest absolute Gasteiger partial charge is 0.313 e. The molecular weight excluding hydrogens is 210 g/mol. The van der Waals surface area contributed by atoms with E-state index < -0.39 is 17.6 Å². The highest BCUT2D eigenvalue weighted by atomic mass is 32.2. The van der Waals surface area contributed by atoms with E-state index in [-0.39, 0.29) is 5.75 Å². The molecule has 1 N–H and O–H groups in total. The topological polar surface area (TPSA) is 37.3 Å². The average Bonchev–Trinajstić information content (AvgIpc) is 2.10. The fourth-order valence-electron chi connectivity index (χ4n) is 0.886. The van der Waals surface area contributed by atoms with Crippen molar-refractivity contribution < 1.29 is 18.7 Å². The Balaban J connectivity index is 2.51. The Hall–Kier alpha value is -1.10. The number of hydrogen-bond acceptors (Lipinski definition) is 2. The summed E-state index contributed by atoms with van der Waals surface area (Å²) in [6, 6.07) is 3.55. The van der Waals surface area contributed by atoms with Gasteiger partial charge in [0.1, 0.15) is 0 Å². The Morgan fingerprint density at radius 2 is 2.07 bits per heavy atom. The van der Waals surface area contributed by atoms with E-state index in [1.807, 2.05) is 0 Å². The van der Waals surface area contributed by atoms with Gasteiger partial charge in [0.25, 0.3) is 0 Å². The molecular formula is C9H8F2O2S. The quantitative estimate of drug-likeness (QED) is 0.842. The standard InChI is InChI=1S/C9H8F2O2S/c10-7-2-1-6(3-8(7)11)4-14-5-9(12)13/h1-3H,4-5H2,(H,12,13). The van der Waals surface area contributed by atoms with E-state index in [1.54, 1.807) is 0 Å². The summed E-state index contributed by atoms with van der Waals surface area (Å²) in [5.74, 6) is -2.39. The zero-order chi connectivity index (χ0) is 10.6. The van der Waals surface area contributed by atoms with Crippen molar-refractivity contribution in [2.75, 3.05) is 5.75 Å². The maximum atomic E-state index is 12.7. The minimum Gasteiger partial charge on any atom is -0.481 e. The van der Waals surface area contributed by atoms with Gasteiger partial charge in [-0.05, 0) is 17.7 Å². The van der Waals surface area contributed by atoms with Crippen LogP contribution in [-0.2, 0) is 10.5 Å². The predicted molar refractivity (Wildman–Crippen MR) is 50.2 cm³/mol. The van der Waals surface area contributed by atoms with Crippen molar-refractivity contribution in [1.82, 2.24) is 0 Å². The van der Waals surface area contributed by atoms with Gasteiger partial charge < -0.3 is 5.11 Å². The van der Waals surface area contributed by atoms with E-state index >= 15 is 0 Å². The summed E-state index contributed by atoms with van der Waals surface area (Å²) in [6.45, 7) is 0. The molecule has 0 aliphatic heterocycles. The first-order valence-corrected chi connectivity index (χ1v) is 4.98. The minimum absolute atomic E-state index is 0.0427. The first kappa shape index (κ1) is 11.0. The third kappa shape index (κ3) is 3.33. The molecule has 0 fully saturated rings. The number of rotatable bonds is 4. The van der Waals surface area contributed by atoms with Gasteiger partial charge in [-0.25, -0.2) is 8.78 Å². The van der Waals surface area contributed by atoms with E-state index in [4.69, 9.17) is 5.11 Å². The number of aliphatic carboxylic acids is 1. The van der Waals surface area contributed by atoms with Gasteiger partial charge in [0.05, 0.1) is 5.75 Å². The Labute approximate surface area is 83.9 Å². The molecule has 0 aromatic heterocycles. The molecule has 0 heterocycles. The van der Waals surface area contributed by atoms with Crippen LogP contribution in [0.2, 0.25) is 0 Å². The lowest BCUT2D eigenvalue weighted by atomic mass is 10.2. The van der Waals surface area contributed by atoms with Crippen molar-refractivity contribution in [3.05, 3.63) is 35.4 Å². The van der Waals surface area contributed by atoms with Crippen molar-refractivity contribution in [3.8, 4) is 0 Å². The molecule has 0 spiro atoms. The van der Waals surface area contributed by atoms with Crippen molar-refractivity contribution in [3.63, 3.8) is 0 Å². The molecule has 1 aromatic rings. The molecule has 5 heteroatoms. The first-order valence-electron chi connectivity index (χ1n) is 3.83. The van der Waals surface area contributed by atoms with Gasteiger partial charge in [-0.3, -0.25) is 4.79 Å². The molecule has 1 aromatic carbocycles. The number of thioether (sulfide) groups is 1. The van der Waals surface area contributed by atoms with E-state index in [0.717, 1.165) is 23.9 Å². The van der Waals surface area contributed by atoms with E-state index in [9.17, 15) is 13.6 Å². The maximum Gasteiger partial charge on any atom is 0.313 e. The summed E-state index contributed by atoms with van der Waals surface area (Å²) < 4.78 is 25.1. The largest absolute Gasteiger partial charge is 0.481 e. The minimum atomic E-state index is -0.919. The number of carboxylic acids is 1. The van der Waals surface area contributed by atoms with Crippen molar-refractivity contribution in [1.29, 1.82) is 0 Å². The Kier molecular flexibility index (Phi) is 3.88. The zero-order valence-electron chi connectivity index (χ0n) is 7.17. The molecule has 14 heavy (non-hydrogen) atoms.